The van der Waals surface area contributed by atoms with Gasteiger partial charge in [0.25, 0.3) is 0 Å². The summed E-state index contributed by atoms with van der Waals surface area (Å²) >= 11 is 0. The van der Waals surface area contributed by atoms with E-state index in [9.17, 15) is 0 Å². The fraction of sp³-hybridized carbons (Fsp3) is 1.00. The van der Waals surface area contributed by atoms with Gasteiger partial charge in [0.1, 0.15) is 0 Å². The minimum absolute atomic E-state index is 0.750. The maximum absolute atomic E-state index is 2.30. The van der Waals surface area contributed by atoms with E-state index >= 15 is 0 Å². The predicted octanol–water partition coefficient (Wildman–Crippen LogP) is 0.233. The Kier molecular flexibility index (Phi) is 0.184. The van der Waals surface area contributed by atoms with E-state index < -0.39 is 0 Å². The molecule has 1 aliphatic heterocycles. The SMILES string of the molecule is B1=BC12CC2. The zero-order valence-corrected chi connectivity index (χ0v) is 3.07. The van der Waals surface area contributed by atoms with Crippen molar-refractivity contribution in [3.05, 3.63) is 0 Å². The molecule has 1 spiro atoms. The van der Waals surface area contributed by atoms with Crippen molar-refractivity contribution < 1.29 is 0 Å². The van der Waals surface area contributed by atoms with E-state index in [2.05, 4.69) is 13.6 Å². The van der Waals surface area contributed by atoms with Gasteiger partial charge in [-0.15, -0.1) is 0 Å². The average Bonchev–Trinajstić information content (AvgIpc) is 2.17. The summed E-state index contributed by atoms with van der Waals surface area (Å²) < 4.78 is 0. The molecule has 0 aromatic rings. The van der Waals surface area contributed by atoms with E-state index in [0.717, 1.165) is 5.21 Å². The van der Waals surface area contributed by atoms with Crippen LogP contribution in [0.2, 0.25) is 5.21 Å². The number of rotatable bonds is 0. The molecular formula is C3H4B2. The third-order valence-electron chi connectivity index (χ3n) is 1.47. The fourth-order valence-corrected chi connectivity index (χ4v) is 0.596. The van der Waals surface area contributed by atoms with Crippen molar-refractivity contribution >= 4 is 13.6 Å². The van der Waals surface area contributed by atoms with E-state index in [4.69, 9.17) is 0 Å². The normalized spacial score (nSPS) is 32.0. The second kappa shape index (κ2) is 0.394. The first-order valence-corrected chi connectivity index (χ1v) is 2.12. The van der Waals surface area contributed by atoms with Gasteiger partial charge in [-0.3, -0.25) is 0 Å². The van der Waals surface area contributed by atoms with Crippen LogP contribution in [0.3, 0.4) is 0 Å². The third kappa shape index (κ3) is 0.183. The van der Waals surface area contributed by atoms with E-state index in [1.165, 1.54) is 12.8 Å². The summed E-state index contributed by atoms with van der Waals surface area (Å²) in [7, 11) is 0. The fourth-order valence-electron chi connectivity index (χ4n) is 0.596. The molecule has 0 amide bonds. The van der Waals surface area contributed by atoms with E-state index in [1.807, 2.05) is 0 Å². The van der Waals surface area contributed by atoms with Crippen LogP contribution >= 0.6 is 0 Å². The van der Waals surface area contributed by atoms with Crippen LogP contribution in [0.1, 0.15) is 12.8 Å². The van der Waals surface area contributed by atoms with Crippen molar-refractivity contribution in [2.45, 2.75) is 18.1 Å². The summed E-state index contributed by atoms with van der Waals surface area (Å²) in [5, 5.41) is 0.750. The van der Waals surface area contributed by atoms with E-state index in [1.54, 1.807) is 0 Å². The van der Waals surface area contributed by atoms with Crippen molar-refractivity contribution in [2.75, 3.05) is 0 Å². The topological polar surface area (TPSA) is 0 Å². The minimum atomic E-state index is 0.750. The zero-order valence-electron chi connectivity index (χ0n) is 3.07. The van der Waals surface area contributed by atoms with Gasteiger partial charge in [0.2, 0.25) is 0 Å². The van der Waals surface area contributed by atoms with Crippen LogP contribution in [-0.2, 0) is 0 Å². The Bertz CT molecular complexity index is 83.1. The summed E-state index contributed by atoms with van der Waals surface area (Å²) in [6.07, 6.45) is 2.90. The first-order valence-electron chi connectivity index (χ1n) is 2.12. The third-order valence-corrected chi connectivity index (χ3v) is 1.47. The molecule has 2 heteroatoms. The molecule has 22 valence electrons. The Morgan fingerprint density at radius 3 is 1.80 bits per heavy atom. The quantitative estimate of drug-likeness (QED) is 0.352. The molecule has 0 unspecified atom stereocenters. The van der Waals surface area contributed by atoms with Crippen LogP contribution in [0.15, 0.2) is 0 Å². The first kappa shape index (κ1) is 2.33. The molecule has 0 bridgehead atoms. The molecular weight excluding hydrogens is 57.7 g/mol. The van der Waals surface area contributed by atoms with Crippen LogP contribution in [0.4, 0.5) is 0 Å². The van der Waals surface area contributed by atoms with Gasteiger partial charge in [-0.2, -0.15) is 0 Å². The second-order valence-electron chi connectivity index (χ2n) is 2.07. The Hall–Kier alpha value is 0.130. The zero-order chi connectivity index (χ0) is 3.33. The molecule has 0 nitrogen and oxygen atoms in total. The van der Waals surface area contributed by atoms with Crippen molar-refractivity contribution in [3.8, 4) is 0 Å². The molecule has 0 saturated heterocycles. The van der Waals surface area contributed by atoms with Gasteiger partial charge in [0, 0.05) is 0 Å². The van der Waals surface area contributed by atoms with Crippen molar-refractivity contribution in [1.82, 2.24) is 0 Å². The summed E-state index contributed by atoms with van der Waals surface area (Å²) in [6.45, 7) is 4.60. The molecule has 0 N–H and O–H groups in total. The molecule has 1 fully saturated rings. The molecule has 0 aromatic carbocycles. The Morgan fingerprint density at radius 1 is 1.20 bits per heavy atom. The molecule has 2 rings (SSSR count). The first-order chi connectivity index (χ1) is 2.41. The average molecular weight is 61.7 g/mol. The van der Waals surface area contributed by atoms with Crippen LogP contribution in [-0.4, -0.2) is 13.6 Å². The van der Waals surface area contributed by atoms with Crippen LogP contribution in [0, 0.1) is 0 Å². The van der Waals surface area contributed by atoms with Gasteiger partial charge in [0.05, 0.1) is 0 Å². The van der Waals surface area contributed by atoms with Gasteiger partial charge < -0.3 is 0 Å². The number of hydrogen-bond donors (Lipinski definition) is 0. The van der Waals surface area contributed by atoms with Gasteiger partial charge in [0.15, 0.2) is 0 Å². The van der Waals surface area contributed by atoms with Gasteiger partial charge in [-0.05, 0) is 0 Å². The van der Waals surface area contributed by atoms with Crippen molar-refractivity contribution in [3.63, 3.8) is 0 Å². The maximum atomic E-state index is 2.30. The Labute approximate surface area is 32.7 Å². The van der Waals surface area contributed by atoms with Crippen LogP contribution in [0.25, 0.3) is 0 Å². The number of hydrogen-bond acceptors (Lipinski definition) is 0. The van der Waals surface area contributed by atoms with Gasteiger partial charge >= 0.3 is 31.7 Å². The Balaban J connectivity index is 2.37. The molecule has 1 saturated carbocycles. The predicted molar refractivity (Wildman–Crippen MR) is 23.4 cm³/mol. The van der Waals surface area contributed by atoms with Crippen molar-refractivity contribution in [2.24, 2.45) is 0 Å². The molecule has 1 aliphatic carbocycles. The standard InChI is InChI=1S/C3H4B2/c1-2-3(1)4-5-3/h1-2H2. The molecule has 0 radical (unpaired) electrons. The van der Waals surface area contributed by atoms with Crippen LogP contribution < -0.4 is 0 Å². The summed E-state index contributed by atoms with van der Waals surface area (Å²) in [6, 6.07) is 0. The second-order valence-corrected chi connectivity index (χ2v) is 2.07. The van der Waals surface area contributed by atoms with Crippen LogP contribution in [0.5, 0.6) is 0 Å². The van der Waals surface area contributed by atoms with E-state index in [-0.39, 0.29) is 0 Å². The molecule has 2 aliphatic rings. The molecule has 0 aromatic heterocycles. The van der Waals surface area contributed by atoms with Gasteiger partial charge in [-0.1, -0.05) is 0 Å². The Morgan fingerprint density at radius 2 is 1.80 bits per heavy atom. The molecule has 5 heavy (non-hydrogen) atoms. The molecule has 1 heterocycles. The summed E-state index contributed by atoms with van der Waals surface area (Å²) in [5.74, 6) is 0. The van der Waals surface area contributed by atoms with Crippen molar-refractivity contribution in [1.29, 1.82) is 0 Å². The monoisotopic (exact) mass is 62.0 g/mol. The molecule has 0 atom stereocenters. The summed E-state index contributed by atoms with van der Waals surface area (Å²) in [4.78, 5) is 0. The van der Waals surface area contributed by atoms with Gasteiger partial charge in [-0.25, -0.2) is 0 Å². The van der Waals surface area contributed by atoms with E-state index in [0.29, 0.717) is 0 Å². The summed E-state index contributed by atoms with van der Waals surface area (Å²) in [5.41, 5.74) is 0.